The lowest BCUT2D eigenvalue weighted by Gasteiger charge is -2.47. The summed E-state index contributed by atoms with van der Waals surface area (Å²) in [6, 6.07) is 11.1. The van der Waals surface area contributed by atoms with Gasteiger partial charge in [0.1, 0.15) is 17.2 Å². The number of nitrogens with one attached hydrogen (secondary N) is 3. The van der Waals surface area contributed by atoms with Gasteiger partial charge < -0.3 is 29.6 Å². The number of alkyl halides is 1. The summed E-state index contributed by atoms with van der Waals surface area (Å²) in [5.74, 6) is -2.00. The zero-order valence-electron chi connectivity index (χ0n) is 36.4. The number of nitrogens with zero attached hydrogens (tertiary/aromatic N) is 6. The molecule has 17 nitrogen and oxygen atoms in total. The number of anilines is 3. The second kappa shape index (κ2) is 18.1. The highest BCUT2D eigenvalue weighted by Crippen LogP contribution is 2.39. The van der Waals surface area contributed by atoms with E-state index in [-0.39, 0.29) is 78.6 Å². The topological polar surface area (TPSA) is 197 Å². The van der Waals surface area contributed by atoms with Crippen LogP contribution < -0.4 is 31.1 Å². The molecule has 4 aromatic rings. The van der Waals surface area contributed by atoms with Crippen LogP contribution in [0.15, 0.2) is 53.5 Å². The van der Waals surface area contributed by atoms with E-state index in [9.17, 15) is 28.8 Å². The average Bonchev–Trinajstić information content (AvgIpc) is 3.52. The molecule has 3 atom stereocenters. The number of halogens is 2. The van der Waals surface area contributed by atoms with Gasteiger partial charge in [-0.25, -0.2) is 9.37 Å². The molecule has 0 spiro atoms. The Balaban J connectivity index is 0.755. The summed E-state index contributed by atoms with van der Waals surface area (Å²) in [5, 5.41) is 9.08. The molecule has 0 bridgehead atoms. The third-order valence-electron chi connectivity index (χ3n) is 13.3. The van der Waals surface area contributed by atoms with E-state index in [0.717, 1.165) is 36.0 Å². The van der Waals surface area contributed by atoms with Crippen LogP contribution in [0.25, 0.3) is 10.9 Å². The van der Waals surface area contributed by atoms with E-state index in [4.69, 9.17) is 26.1 Å². The summed E-state index contributed by atoms with van der Waals surface area (Å²) in [6.45, 7) is 5.88. The fourth-order valence-corrected chi connectivity index (χ4v) is 9.87. The number of imide groups is 2. The van der Waals surface area contributed by atoms with Crippen LogP contribution in [0, 0.1) is 0 Å². The van der Waals surface area contributed by atoms with Crippen LogP contribution in [0.5, 0.6) is 5.75 Å². The second-order valence-corrected chi connectivity index (χ2v) is 18.1. The molecule has 342 valence electrons. The smallest absolute Gasteiger partial charge is 0.293 e. The Hall–Kier alpha value is -5.98. The highest BCUT2D eigenvalue weighted by molar-refractivity contribution is 6.33. The number of hydrogen-bond acceptors (Lipinski definition) is 13. The maximum Gasteiger partial charge on any atom is 0.293 e. The number of carbonyl (C=O) groups is 5. The molecule has 2 aromatic heterocycles. The lowest BCUT2D eigenvalue weighted by atomic mass is 9.82. The molecule has 1 unspecified atom stereocenters. The van der Waals surface area contributed by atoms with Crippen LogP contribution in [0.4, 0.5) is 21.8 Å². The van der Waals surface area contributed by atoms with Crippen molar-refractivity contribution in [1.29, 1.82) is 0 Å². The third kappa shape index (κ3) is 8.78. The average molecular weight is 912 g/mol. The summed E-state index contributed by atoms with van der Waals surface area (Å²) in [5.41, 5.74) is 2.09. The molecule has 5 amide bonds. The van der Waals surface area contributed by atoms with Gasteiger partial charge in [0, 0.05) is 62.2 Å². The number of carbonyl (C=O) groups excluding carboxylic acids is 5. The van der Waals surface area contributed by atoms with Gasteiger partial charge in [-0.3, -0.25) is 43.9 Å². The van der Waals surface area contributed by atoms with E-state index in [1.807, 2.05) is 32.0 Å². The van der Waals surface area contributed by atoms with Gasteiger partial charge in [0.2, 0.25) is 17.8 Å². The van der Waals surface area contributed by atoms with Crippen LogP contribution in [0.1, 0.15) is 97.0 Å². The largest absolute Gasteiger partial charge is 0.478 e. The predicted octanol–water partition coefficient (Wildman–Crippen LogP) is 4.64. The normalized spacial score (nSPS) is 24.0. The molecule has 65 heavy (non-hydrogen) atoms. The van der Waals surface area contributed by atoms with Crippen LogP contribution in [-0.2, 0) is 19.1 Å². The zero-order chi connectivity index (χ0) is 45.7. The number of likely N-dealkylation sites (N-methyl/N-ethyl adjacent to an activating group) is 1. The molecule has 9 rings (SSSR count). The maximum atomic E-state index is 15.9. The number of rotatable bonds is 12. The summed E-state index contributed by atoms with van der Waals surface area (Å²) in [4.78, 5) is 90.2. The third-order valence-corrected chi connectivity index (χ3v) is 13.6. The van der Waals surface area contributed by atoms with Gasteiger partial charge in [0.05, 0.1) is 35.0 Å². The first-order valence-electron chi connectivity index (χ1n) is 22.2. The molecular weight excluding hydrogens is 861 g/mol. The molecule has 4 aliphatic heterocycles. The summed E-state index contributed by atoms with van der Waals surface area (Å²) >= 11 is 6.58. The molecule has 3 N–H and O–H groups in total. The molecule has 2 aromatic carbocycles. The number of amides is 5. The fraction of sp³-hybridized carbons (Fsp3) is 0.478. The van der Waals surface area contributed by atoms with Crippen LogP contribution in [-0.4, -0.2) is 124 Å². The van der Waals surface area contributed by atoms with Gasteiger partial charge in [-0.05, 0) is 101 Å². The van der Waals surface area contributed by atoms with Crippen LogP contribution >= 0.6 is 11.6 Å². The number of piperidine rings is 3. The highest BCUT2D eigenvalue weighted by atomic mass is 35.5. The van der Waals surface area contributed by atoms with Crippen molar-refractivity contribution in [3.8, 4) is 5.75 Å². The van der Waals surface area contributed by atoms with Crippen molar-refractivity contribution in [3.63, 3.8) is 0 Å². The minimum absolute atomic E-state index is 0.0399. The number of aromatic nitrogens is 3. The number of hydrogen-bond donors (Lipinski definition) is 3. The Morgan fingerprint density at radius 2 is 1.72 bits per heavy atom. The number of likely N-dealkylation sites (tertiary alicyclic amines) is 1. The molecule has 1 aliphatic carbocycles. The van der Waals surface area contributed by atoms with Crippen molar-refractivity contribution in [3.05, 3.63) is 80.7 Å². The van der Waals surface area contributed by atoms with E-state index in [1.165, 1.54) is 7.05 Å². The Bertz CT molecular complexity index is 2630. The first kappa shape index (κ1) is 44.2. The summed E-state index contributed by atoms with van der Waals surface area (Å²) < 4.78 is 29.7. The van der Waals surface area contributed by atoms with E-state index in [1.54, 1.807) is 35.0 Å². The number of fused-ring (bicyclic) bond motifs is 2. The standard InChI is InChI=1S/C46H51ClFN9O8/c1-24(2)56-36-7-5-27(16-26(36)18-38(45(56)63)64-23-40(59)49-3)51-41-34(47)21-50-46(53-41)54-13-10-29(11-14-54)65-30-19-28(20-30)55-15-12-31(35(48)22-55)25-4-6-32-33(17-25)44(62)57(43(32)61)37-8-9-39(58)52-42(37)60/h4-7,16-18,21,24,28-31,35,37H,8-15,19-20,22-23H2,1-3H3,(H,49,59)(H,50,51,53)(H,52,58,60)/t28?,30?,31-,35-,37?/m1/s1. The summed E-state index contributed by atoms with van der Waals surface area (Å²) in [6.07, 6.45) is 4.50. The van der Waals surface area contributed by atoms with Gasteiger partial charge in [-0.15, -0.1) is 0 Å². The summed E-state index contributed by atoms with van der Waals surface area (Å²) in [7, 11) is 1.50. The van der Waals surface area contributed by atoms with Crippen molar-refractivity contribution in [2.75, 3.05) is 50.1 Å². The van der Waals surface area contributed by atoms with Crippen molar-refractivity contribution < 1.29 is 37.8 Å². The van der Waals surface area contributed by atoms with E-state index in [0.29, 0.717) is 59.6 Å². The van der Waals surface area contributed by atoms with Gasteiger partial charge >= 0.3 is 0 Å². The SMILES string of the molecule is CNC(=O)COc1cc2cc(Nc3nc(N4CCC(OC5CC(N6CC[C@H](c7ccc8c(c7)C(=O)N(C7CCC(=O)NC7=O)C8=O)[C@H](F)C6)C5)CC4)ncc3Cl)ccc2n(C(C)C)c1=O. The molecule has 1 saturated carbocycles. The van der Waals surface area contributed by atoms with Crippen molar-refractivity contribution >= 4 is 69.5 Å². The molecule has 19 heteroatoms. The lowest BCUT2D eigenvalue weighted by molar-refractivity contribution is -0.136. The minimum atomic E-state index is -1.16. The molecule has 0 radical (unpaired) electrons. The molecular formula is C46H51ClFN9O8. The molecule has 5 aliphatic rings. The fourth-order valence-electron chi connectivity index (χ4n) is 9.73. The Morgan fingerprint density at radius 1 is 0.954 bits per heavy atom. The molecule has 3 saturated heterocycles. The van der Waals surface area contributed by atoms with Crippen LogP contribution in [0.3, 0.4) is 0 Å². The van der Waals surface area contributed by atoms with E-state index >= 15 is 4.39 Å². The Labute approximate surface area is 379 Å². The number of pyridine rings is 1. The van der Waals surface area contributed by atoms with Crippen LogP contribution in [0.2, 0.25) is 5.02 Å². The second-order valence-electron chi connectivity index (χ2n) is 17.7. The number of benzene rings is 2. The van der Waals surface area contributed by atoms with E-state index in [2.05, 4.69) is 30.7 Å². The zero-order valence-corrected chi connectivity index (χ0v) is 37.1. The molecule has 4 fully saturated rings. The first-order chi connectivity index (χ1) is 31.3. The first-order valence-corrected chi connectivity index (χ1v) is 22.6. The minimum Gasteiger partial charge on any atom is -0.478 e. The van der Waals surface area contributed by atoms with Crippen molar-refractivity contribution in [2.24, 2.45) is 0 Å². The van der Waals surface area contributed by atoms with Gasteiger partial charge in [-0.1, -0.05) is 17.7 Å². The quantitative estimate of drug-likeness (QED) is 0.167. The van der Waals surface area contributed by atoms with E-state index < -0.39 is 41.8 Å². The predicted molar refractivity (Wildman–Crippen MR) is 239 cm³/mol. The maximum absolute atomic E-state index is 15.9. The number of ether oxygens (including phenoxy) is 2. The van der Waals surface area contributed by atoms with Gasteiger partial charge in [0.15, 0.2) is 18.2 Å². The molecule has 6 heterocycles. The highest BCUT2D eigenvalue weighted by Gasteiger charge is 2.46. The Kier molecular flexibility index (Phi) is 12.3. The lowest BCUT2D eigenvalue weighted by Crippen LogP contribution is -2.54. The van der Waals surface area contributed by atoms with Crippen molar-refractivity contribution in [2.45, 2.75) is 101 Å². The van der Waals surface area contributed by atoms with Crippen molar-refractivity contribution in [1.82, 2.24) is 35.0 Å². The van der Waals surface area contributed by atoms with Gasteiger partial charge in [-0.2, -0.15) is 4.98 Å². The monoisotopic (exact) mass is 911 g/mol. The van der Waals surface area contributed by atoms with Gasteiger partial charge in [0.25, 0.3) is 23.3 Å². The Morgan fingerprint density at radius 3 is 2.45 bits per heavy atom.